The van der Waals surface area contributed by atoms with E-state index >= 15 is 0 Å². The Kier molecular flexibility index (Phi) is 5.98. The Morgan fingerprint density at radius 2 is 1.18 bits per heavy atom. The SMILES string of the molecule is C1=Cc2c(oc3ccccc23)C(c2ccc3c(c2)oc2ccc(-c4nc(-c5ccccc5)nc(-c5cccc6c5oc5ccccc56)n4)cc23)C1. The van der Waals surface area contributed by atoms with Gasteiger partial charge in [0.2, 0.25) is 0 Å². The average Bonchev–Trinajstić information content (AvgIpc) is 3.88. The summed E-state index contributed by atoms with van der Waals surface area (Å²) < 4.78 is 19.3. The Bertz CT molecular complexity index is 3020. The second-order valence-electron chi connectivity index (χ2n) is 13.1. The third kappa shape index (κ3) is 4.40. The molecule has 0 fully saturated rings. The smallest absolute Gasteiger partial charge is 0.167 e. The van der Waals surface area contributed by atoms with Gasteiger partial charge in [0.25, 0.3) is 0 Å². The lowest BCUT2D eigenvalue weighted by molar-refractivity contribution is 0.516. The van der Waals surface area contributed by atoms with Crippen molar-refractivity contribution in [2.75, 3.05) is 0 Å². The lowest BCUT2D eigenvalue weighted by Gasteiger charge is -2.17. The molecule has 0 aliphatic heterocycles. The molecular formula is C45H27N3O3. The first-order chi connectivity index (χ1) is 25.2. The largest absolute Gasteiger partial charge is 0.460 e. The van der Waals surface area contributed by atoms with Gasteiger partial charge in [-0.15, -0.1) is 0 Å². The number of hydrogen-bond acceptors (Lipinski definition) is 6. The molecule has 10 aromatic rings. The minimum Gasteiger partial charge on any atom is -0.460 e. The zero-order valence-electron chi connectivity index (χ0n) is 27.2. The molecule has 6 nitrogen and oxygen atoms in total. The zero-order chi connectivity index (χ0) is 33.5. The Morgan fingerprint density at radius 3 is 2.06 bits per heavy atom. The fourth-order valence-corrected chi connectivity index (χ4v) is 7.65. The highest BCUT2D eigenvalue weighted by Gasteiger charge is 2.26. The fraction of sp³-hybridized carbons (Fsp3) is 0.0444. The number of rotatable bonds is 4. The summed E-state index contributed by atoms with van der Waals surface area (Å²) in [7, 11) is 0. The quantitative estimate of drug-likeness (QED) is 0.187. The van der Waals surface area contributed by atoms with Crippen LogP contribution in [0, 0.1) is 0 Å². The van der Waals surface area contributed by atoms with Crippen LogP contribution in [0.5, 0.6) is 0 Å². The monoisotopic (exact) mass is 657 g/mol. The molecule has 240 valence electrons. The van der Waals surface area contributed by atoms with Crippen LogP contribution in [0.15, 0.2) is 153 Å². The third-order valence-electron chi connectivity index (χ3n) is 10.1. The van der Waals surface area contributed by atoms with Crippen LogP contribution in [0.1, 0.15) is 29.2 Å². The van der Waals surface area contributed by atoms with Crippen molar-refractivity contribution in [1.29, 1.82) is 0 Å². The summed E-state index contributed by atoms with van der Waals surface area (Å²) in [4.78, 5) is 15.1. The number of aromatic nitrogens is 3. The third-order valence-corrected chi connectivity index (χ3v) is 10.1. The number of para-hydroxylation sites is 3. The van der Waals surface area contributed by atoms with E-state index < -0.39 is 0 Å². The molecule has 4 heterocycles. The van der Waals surface area contributed by atoms with Gasteiger partial charge in [0.05, 0.1) is 5.56 Å². The van der Waals surface area contributed by atoms with Crippen LogP contribution < -0.4 is 0 Å². The maximum Gasteiger partial charge on any atom is 0.167 e. The van der Waals surface area contributed by atoms with Gasteiger partial charge in [0.15, 0.2) is 17.5 Å². The Morgan fingerprint density at radius 1 is 0.471 bits per heavy atom. The molecule has 6 aromatic carbocycles. The van der Waals surface area contributed by atoms with Crippen LogP contribution in [-0.4, -0.2) is 15.0 Å². The Labute approximate surface area is 291 Å². The second kappa shape index (κ2) is 10.9. The molecule has 0 saturated carbocycles. The van der Waals surface area contributed by atoms with Crippen LogP contribution in [0.3, 0.4) is 0 Å². The summed E-state index contributed by atoms with van der Waals surface area (Å²) in [6, 6.07) is 45.2. The molecule has 6 heteroatoms. The van der Waals surface area contributed by atoms with E-state index in [4.69, 9.17) is 28.2 Å². The number of furan rings is 3. The number of nitrogens with zero attached hydrogens (tertiary/aromatic N) is 3. The predicted molar refractivity (Wildman–Crippen MR) is 202 cm³/mol. The Balaban J connectivity index is 1.04. The Hall–Kier alpha value is -6.79. The molecule has 0 spiro atoms. The summed E-state index contributed by atoms with van der Waals surface area (Å²) in [6.45, 7) is 0. The van der Waals surface area contributed by atoms with Gasteiger partial charge in [-0.2, -0.15) is 0 Å². The summed E-state index contributed by atoms with van der Waals surface area (Å²) >= 11 is 0. The number of allylic oxidation sites excluding steroid dienone is 1. The molecule has 1 unspecified atom stereocenters. The van der Waals surface area contributed by atoms with Gasteiger partial charge in [-0.25, -0.2) is 15.0 Å². The minimum atomic E-state index is 0.113. The van der Waals surface area contributed by atoms with Crippen molar-refractivity contribution in [3.05, 3.63) is 156 Å². The molecule has 0 N–H and O–H groups in total. The van der Waals surface area contributed by atoms with E-state index in [1.807, 2.05) is 84.9 Å². The first kappa shape index (κ1) is 28.1. The van der Waals surface area contributed by atoms with Crippen LogP contribution in [-0.2, 0) is 0 Å². The summed E-state index contributed by atoms with van der Waals surface area (Å²) in [5.41, 5.74) is 9.08. The van der Waals surface area contributed by atoms with Gasteiger partial charge in [-0.3, -0.25) is 0 Å². The zero-order valence-corrected chi connectivity index (χ0v) is 27.2. The molecule has 1 atom stereocenters. The van der Waals surface area contributed by atoms with E-state index in [0.29, 0.717) is 17.5 Å². The maximum absolute atomic E-state index is 6.47. The average molecular weight is 658 g/mol. The lowest BCUT2D eigenvalue weighted by atomic mass is 9.86. The van der Waals surface area contributed by atoms with Crippen LogP contribution in [0.25, 0.3) is 95.1 Å². The van der Waals surface area contributed by atoms with Crippen molar-refractivity contribution in [3.63, 3.8) is 0 Å². The second-order valence-corrected chi connectivity index (χ2v) is 13.1. The molecular weight excluding hydrogens is 631 g/mol. The van der Waals surface area contributed by atoms with Gasteiger partial charge in [0, 0.05) is 49.5 Å². The summed E-state index contributed by atoms with van der Waals surface area (Å²) in [5, 5.41) is 5.28. The minimum absolute atomic E-state index is 0.113. The van der Waals surface area contributed by atoms with E-state index in [2.05, 4.69) is 60.7 Å². The van der Waals surface area contributed by atoms with Gasteiger partial charge in [-0.1, -0.05) is 103 Å². The highest BCUT2D eigenvalue weighted by molar-refractivity contribution is 6.09. The first-order valence-electron chi connectivity index (χ1n) is 17.1. The standard InChI is InChI=1S/C45H27N3O3/c1-2-10-26(11-3-1)43-46-44(48-45(47-43)35-17-9-16-34-31-13-5-7-19-38(31)51-42(34)35)28-21-23-39-36(24-28)32-22-20-27(25-40(32)49-39)29-14-8-15-33-30-12-4-6-18-37(30)50-41(29)33/h1-13,15-25,29H,14H2. The van der Waals surface area contributed by atoms with E-state index in [-0.39, 0.29) is 5.92 Å². The summed E-state index contributed by atoms with van der Waals surface area (Å²) in [5.74, 6) is 2.84. The predicted octanol–water partition coefficient (Wildman–Crippen LogP) is 12.0. The molecule has 0 saturated heterocycles. The molecule has 51 heavy (non-hydrogen) atoms. The molecule has 1 aliphatic rings. The van der Waals surface area contributed by atoms with Crippen molar-refractivity contribution in [2.24, 2.45) is 0 Å². The van der Waals surface area contributed by atoms with Gasteiger partial charge in [-0.05, 0) is 54.4 Å². The lowest BCUT2D eigenvalue weighted by Crippen LogP contribution is -2.03. The maximum atomic E-state index is 6.47. The van der Waals surface area contributed by atoms with Crippen molar-refractivity contribution < 1.29 is 13.3 Å². The number of benzene rings is 6. The van der Waals surface area contributed by atoms with E-state index in [1.165, 1.54) is 11.1 Å². The normalized spacial score (nSPS) is 14.3. The number of fused-ring (bicyclic) bond motifs is 9. The van der Waals surface area contributed by atoms with E-state index in [1.54, 1.807) is 0 Å². The molecule has 11 rings (SSSR count). The van der Waals surface area contributed by atoms with Crippen molar-refractivity contribution in [3.8, 4) is 34.2 Å². The molecule has 4 aromatic heterocycles. The number of hydrogen-bond donors (Lipinski definition) is 0. The first-order valence-corrected chi connectivity index (χ1v) is 17.1. The van der Waals surface area contributed by atoms with Crippen LogP contribution in [0.4, 0.5) is 0 Å². The molecule has 0 amide bonds. The van der Waals surface area contributed by atoms with Crippen molar-refractivity contribution >= 4 is 60.9 Å². The van der Waals surface area contributed by atoms with E-state index in [0.717, 1.165) is 83.7 Å². The highest BCUT2D eigenvalue weighted by atomic mass is 16.3. The summed E-state index contributed by atoms with van der Waals surface area (Å²) in [6.07, 6.45) is 5.30. The van der Waals surface area contributed by atoms with Gasteiger partial charge >= 0.3 is 0 Å². The van der Waals surface area contributed by atoms with Gasteiger partial charge < -0.3 is 13.3 Å². The topological polar surface area (TPSA) is 78.1 Å². The fourth-order valence-electron chi connectivity index (χ4n) is 7.65. The van der Waals surface area contributed by atoms with Gasteiger partial charge in [0.1, 0.15) is 33.7 Å². The van der Waals surface area contributed by atoms with Crippen LogP contribution >= 0.6 is 0 Å². The van der Waals surface area contributed by atoms with Crippen molar-refractivity contribution in [2.45, 2.75) is 12.3 Å². The van der Waals surface area contributed by atoms with Crippen LogP contribution in [0.2, 0.25) is 0 Å². The highest BCUT2D eigenvalue weighted by Crippen LogP contribution is 2.43. The molecule has 1 aliphatic carbocycles. The molecule has 0 bridgehead atoms. The van der Waals surface area contributed by atoms with E-state index in [9.17, 15) is 0 Å². The van der Waals surface area contributed by atoms with Crippen molar-refractivity contribution in [1.82, 2.24) is 15.0 Å². The molecule has 0 radical (unpaired) electrons.